The summed E-state index contributed by atoms with van der Waals surface area (Å²) in [6, 6.07) is 7.40. The maximum absolute atomic E-state index is 5.51. The first-order valence-electron chi connectivity index (χ1n) is 5.24. The Morgan fingerprint density at radius 1 is 1.12 bits per heavy atom. The number of ether oxygens (including phenoxy) is 1. The van der Waals surface area contributed by atoms with E-state index >= 15 is 0 Å². The number of hydrogen-bond acceptors (Lipinski definition) is 4. The summed E-state index contributed by atoms with van der Waals surface area (Å²) in [5, 5.41) is 0. The number of imidazole rings is 1. The fraction of sp³-hybridized carbons (Fsp3) is 0.0833. The van der Waals surface area contributed by atoms with Crippen molar-refractivity contribution < 1.29 is 4.74 Å². The topological polar surface area (TPSA) is 52.3 Å². The molecule has 5 heteroatoms. The van der Waals surface area contributed by atoms with Crippen LogP contribution in [0.25, 0.3) is 5.78 Å². The van der Waals surface area contributed by atoms with Crippen LogP contribution in [0.2, 0.25) is 0 Å². The number of rotatable bonds is 3. The lowest BCUT2D eigenvalue weighted by Crippen LogP contribution is -1.96. The number of fused-ring (bicyclic) bond motifs is 1. The summed E-state index contributed by atoms with van der Waals surface area (Å²) >= 11 is 0. The molecular weight excluding hydrogens is 216 g/mol. The van der Waals surface area contributed by atoms with Crippen LogP contribution in [0.1, 0.15) is 5.69 Å². The minimum Gasteiger partial charge on any atom is -0.471 e. The Labute approximate surface area is 97.7 Å². The van der Waals surface area contributed by atoms with E-state index in [2.05, 4.69) is 15.0 Å². The lowest BCUT2D eigenvalue weighted by Gasteiger charge is -2.00. The van der Waals surface area contributed by atoms with Crippen molar-refractivity contribution in [2.45, 2.75) is 6.61 Å². The molecule has 0 fully saturated rings. The Morgan fingerprint density at radius 3 is 2.88 bits per heavy atom. The van der Waals surface area contributed by atoms with Crippen LogP contribution in [0.15, 0.2) is 49.1 Å². The van der Waals surface area contributed by atoms with Crippen molar-refractivity contribution in [3.05, 3.63) is 54.7 Å². The first kappa shape index (κ1) is 9.77. The summed E-state index contributed by atoms with van der Waals surface area (Å²) < 4.78 is 7.37. The van der Waals surface area contributed by atoms with E-state index in [0.717, 1.165) is 5.69 Å². The minimum absolute atomic E-state index is 0.389. The van der Waals surface area contributed by atoms with Gasteiger partial charge in [0.25, 0.3) is 0 Å². The molecule has 0 bridgehead atoms. The molecule has 0 aliphatic carbocycles. The van der Waals surface area contributed by atoms with Gasteiger partial charge in [-0.15, -0.1) is 0 Å². The fourth-order valence-corrected chi connectivity index (χ4v) is 1.53. The highest BCUT2D eigenvalue weighted by molar-refractivity contribution is 5.29. The summed E-state index contributed by atoms with van der Waals surface area (Å²) in [6.07, 6.45) is 7.21. The lowest BCUT2D eigenvalue weighted by molar-refractivity contribution is 0.290. The van der Waals surface area contributed by atoms with Crippen LogP contribution >= 0.6 is 0 Å². The first-order valence-corrected chi connectivity index (χ1v) is 5.24. The fourth-order valence-electron chi connectivity index (χ4n) is 1.53. The second kappa shape index (κ2) is 4.21. The molecule has 5 nitrogen and oxygen atoms in total. The smallest absolute Gasteiger partial charge is 0.234 e. The van der Waals surface area contributed by atoms with Crippen molar-refractivity contribution in [3.63, 3.8) is 0 Å². The highest BCUT2D eigenvalue weighted by Crippen LogP contribution is 2.08. The number of nitrogens with zero attached hydrogens (tertiary/aromatic N) is 4. The molecule has 0 saturated heterocycles. The average molecular weight is 226 g/mol. The van der Waals surface area contributed by atoms with Crippen molar-refractivity contribution in [1.82, 2.24) is 19.4 Å². The maximum atomic E-state index is 5.51. The molecule has 3 aromatic rings. The van der Waals surface area contributed by atoms with Crippen LogP contribution in [0.5, 0.6) is 5.88 Å². The molecule has 0 aliphatic heterocycles. The van der Waals surface area contributed by atoms with Gasteiger partial charge in [0.2, 0.25) is 11.7 Å². The van der Waals surface area contributed by atoms with Crippen molar-refractivity contribution in [2.75, 3.05) is 0 Å². The molecule has 17 heavy (non-hydrogen) atoms. The van der Waals surface area contributed by atoms with Gasteiger partial charge in [-0.25, -0.2) is 15.0 Å². The van der Waals surface area contributed by atoms with Gasteiger partial charge in [-0.3, -0.25) is 4.40 Å². The zero-order valence-corrected chi connectivity index (χ0v) is 9.02. The molecular formula is C12H10N4O. The van der Waals surface area contributed by atoms with E-state index in [0.29, 0.717) is 18.3 Å². The monoisotopic (exact) mass is 226 g/mol. The molecule has 3 rings (SSSR count). The lowest BCUT2D eigenvalue weighted by atomic mass is 10.5. The number of pyridine rings is 1. The molecule has 0 aromatic carbocycles. The Balaban J connectivity index is 1.77. The van der Waals surface area contributed by atoms with Gasteiger partial charge in [0.15, 0.2) is 0 Å². The normalized spacial score (nSPS) is 10.6. The van der Waals surface area contributed by atoms with Crippen molar-refractivity contribution in [1.29, 1.82) is 0 Å². The van der Waals surface area contributed by atoms with Gasteiger partial charge >= 0.3 is 0 Å². The van der Waals surface area contributed by atoms with E-state index in [1.165, 1.54) is 0 Å². The predicted molar refractivity (Wildman–Crippen MR) is 61.6 cm³/mol. The summed E-state index contributed by atoms with van der Waals surface area (Å²) in [4.78, 5) is 12.5. The van der Waals surface area contributed by atoms with Crippen molar-refractivity contribution in [2.24, 2.45) is 0 Å². The highest BCUT2D eigenvalue weighted by atomic mass is 16.5. The van der Waals surface area contributed by atoms with Crippen LogP contribution in [0, 0.1) is 0 Å². The zero-order chi connectivity index (χ0) is 11.5. The average Bonchev–Trinajstić information content (AvgIpc) is 2.80. The third-order valence-corrected chi connectivity index (χ3v) is 2.29. The summed E-state index contributed by atoms with van der Waals surface area (Å²) in [5.74, 6) is 1.27. The molecule has 0 N–H and O–H groups in total. The first-order chi connectivity index (χ1) is 8.42. The van der Waals surface area contributed by atoms with E-state index in [4.69, 9.17) is 4.74 Å². The molecule has 0 amide bonds. The molecule has 0 spiro atoms. The molecule has 84 valence electrons. The SMILES string of the molecule is c1ccc(OCc2cn3cccnc3n2)nc1. The summed E-state index contributed by atoms with van der Waals surface area (Å²) in [5.41, 5.74) is 0.828. The van der Waals surface area contributed by atoms with Crippen LogP contribution in [0.4, 0.5) is 0 Å². The molecule has 3 heterocycles. The standard InChI is InChI=1S/C12H10N4O/c1-2-5-13-11(4-1)17-9-10-8-16-7-3-6-14-12(16)15-10/h1-8H,9H2. The second-order valence-corrected chi connectivity index (χ2v) is 3.52. The van der Waals surface area contributed by atoms with Crippen LogP contribution < -0.4 is 4.74 Å². The van der Waals surface area contributed by atoms with Crippen molar-refractivity contribution in [3.8, 4) is 5.88 Å². The van der Waals surface area contributed by atoms with Crippen molar-refractivity contribution >= 4 is 5.78 Å². The molecule has 3 aromatic heterocycles. The van der Waals surface area contributed by atoms with E-state index in [-0.39, 0.29) is 0 Å². The molecule has 0 radical (unpaired) electrons. The van der Waals surface area contributed by atoms with Gasteiger partial charge in [0.1, 0.15) is 6.61 Å². The molecule has 0 saturated carbocycles. The summed E-state index contributed by atoms with van der Waals surface area (Å²) in [6.45, 7) is 0.389. The summed E-state index contributed by atoms with van der Waals surface area (Å²) in [7, 11) is 0. The largest absolute Gasteiger partial charge is 0.471 e. The molecule has 0 unspecified atom stereocenters. The Kier molecular flexibility index (Phi) is 2.42. The zero-order valence-electron chi connectivity index (χ0n) is 9.02. The maximum Gasteiger partial charge on any atom is 0.234 e. The molecule has 0 aliphatic rings. The highest BCUT2D eigenvalue weighted by Gasteiger charge is 2.02. The van der Waals surface area contributed by atoms with E-state index in [9.17, 15) is 0 Å². The van der Waals surface area contributed by atoms with Gasteiger partial charge in [0.05, 0.1) is 5.69 Å². The predicted octanol–water partition coefficient (Wildman–Crippen LogP) is 1.70. The van der Waals surface area contributed by atoms with Gasteiger partial charge in [-0.05, 0) is 12.1 Å². The van der Waals surface area contributed by atoms with E-state index < -0.39 is 0 Å². The quantitative estimate of drug-likeness (QED) is 0.682. The van der Waals surface area contributed by atoms with E-state index in [1.807, 2.05) is 41.1 Å². The third kappa shape index (κ3) is 2.08. The number of aromatic nitrogens is 4. The van der Waals surface area contributed by atoms with Gasteiger partial charge in [-0.2, -0.15) is 0 Å². The van der Waals surface area contributed by atoms with E-state index in [1.54, 1.807) is 12.4 Å². The molecule has 0 atom stereocenters. The Bertz CT molecular complexity index is 587. The van der Waals surface area contributed by atoms with Crippen LogP contribution in [-0.4, -0.2) is 19.4 Å². The Hall–Kier alpha value is -2.43. The minimum atomic E-state index is 0.389. The Morgan fingerprint density at radius 2 is 2.06 bits per heavy atom. The van der Waals surface area contributed by atoms with Gasteiger partial charge in [-0.1, -0.05) is 6.07 Å². The van der Waals surface area contributed by atoms with Gasteiger partial charge in [0, 0.05) is 30.9 Å². The second-order valence-electron chi connectivity index (χ2n) is 3.52. The number of hydrogen-bond donors (Lipinski definition) is 0. The third-order valence-electron chi connectivity index (χ3n) is 2.29. The van der Waals surface area contributed by atoms with Crippen LogP contribution in [0.3, 0.4) is 0 Å². The van der Waals surface area contributed by atoms with Crippen LogP contribution in [-0.2, 0) is 6.61 Å². The van der Waals surface area contributed by atoms with Gasteiger partial charge < -0.3 is 4.74 Å².